The van der Waals surface area contributed by atoms with Gasteiger partial charge in [-0.2, -0.15) is 0 Å². The van der Waals surface area contributed by atoms with Crippen LogP contribution in [0.4, 0.5) is 0 Å². The summed E-state index contributed by atoms with van der Waals surface area (Å²) in [6.07, 6.45) is -1.16. The topological polar surface area (TPSA) is 80.7 Å². The van der Waals surface area contributed by atoms with Crippen molar-refractivity contribution in [2.24, 2.45) is 0 Å². The van der Waals surface area contributed by atoms with Gasteiger partial charge < -0.3 is 9.84 Å². The van der Waals surface area contributed by atoms with E-state index in [9.17, 15) is 18.3 Å². The normalized spacial score (nSPS) is 12.7. The highest BCUT2D eigenvalue weighted by Crippen LogP contribution is 2.22. The Bertz CT molecular complexity index is 777. The van der Waals surface area contributed by atoms with E-state index in [2.05, 4.69) is 0 Å². The standard InChI is InChI=1S/C17H18O5S/c1-12-3-9-16(10-4-12)23(20,21)11-17(19)14-5-7-15(8-6-14)22-13(2)18/h3-10,17,19H,11H2,1-2H3. The van der Waals surface area contributed by atoms with Crippen LogP contribution in [-0.4, -0.2) is 25.2 Å². The fourth-order valence-corrected chi connectivity index (χ4v) is 3.42. The maximum Gasteiger partial charge on any atom is 0.308 e. The molecule has 1 unspecified atom stereocenters. The predicted molar refractivity (Wildman–Crippen MR) is 85.9 cm³/mol. The monoisotopic (exact) mass is 334 g/mol. The Hall–Kier alpha value is -2.18. The molecule has 0 fully saturated rings. The van der Waals surface area contributed by atoms with E-state index in [1.54, 1.807) is 12.1 Å². The third kappa shape index (κ3) is 4.64. The van der Waals surface area contributed by atoms with Gasteiger partial charge in [-0.25, -0.2) is 8.42 Å². The number of carbonyl (C=O) groups excluding carboxylic acids is 1. The van der Waals surface area contributed by atoms with E-state index in [0.29, 0.717) is 11.3 Å². The van der Waals surface area contributed by atoms with E-state index in [1.807, 2.05) is 6.92 Å². The maximum atomic E-state index is 12.3. The number of aryl methyl sites for hydroxylation is 1. The largest absolute Gasteiger partial charge is 0.427 e. The van der Waals surface area contributed by atoms with Crippen LogP contribution in [0.1, 0.15) is 24.2 Å². The van der Waals surface area contributed by atoms with Gasteiger partial charge >= 0.3 is 5.97 Å². The van der Waals surface area contributed by atoms with E-state index < -0.39 is 27.7 Å². The Morgan fingerprint density at radius 2 is 1.65 bits per heavy atom. The summed E-state index contributed by atoms with van der Waals surface area (Å²) in [5.41, 5.74) is 1.40. The number of esters is 1. The van der Waals surface area contributed by atoms with Crippen LogP contribution in [-0.2, 0) is 14.6 Å². The molecule has 122 valence electrons. The zero-order valence-electron chi connectivity index (χ0n) is 12.9. The van der Waals surface area contributed by atoms with Crippen molar-refractivity contribution >= 4 is 15.8 Å². The Morgan fingerprint density at radius 3 is 2.17 bits per heavy atom. The molecule has 0 aliphatic carbocycles. The molecule has 1 atom stereocenters. The van der Waals surface area contributed by atoms with Crippen molar-refractivity contribution < 1.29 is 23.1 Å². The molecule has 0 bridgehead atoms. The van der Waals surface area contributed by atoms with Crippen LogP contribution in [0.3, 0.4) is 0 Å². The van der Waals surface area contributed by atoms with Gasteiger partial charge in [0.2, 0.25) is 0 Å². The lowest BCUT2D eigenvalue weighted by Crippen LogP contribution is -2.15. The minimum atomic E-state index is -3.59. The highest BCUT2D eigenvalue weighted by atomic mass is 32.2. The number of hydrogen-bond donors (Lipinski definition) is 1. The molecule has 0 spiro atoms. The minimum absolute atomic E-state index is 0.179. The zero-order chi connectivity index (χ0) is 17.0. The van der Waals surface area contributed by atoms with Gasteiger partial charge in [0.25, 0.3) is 0 Å². The van der Waals surface area contributed by atoms with Gasteiger partial charge in [0, 0.05) is 6.92 Å². The first-order valence-corrected chi connectivity index (χ1v) is 8.69. The van der Waals surface area contributed by atoms with Gasteiger partial charge in [0.1, 0.15) is 5.75 Å². The first kappa shape index (κ1) is 17.2. The average molecular weight is 334 g/mol. The first-order chi connectivity index (χ1) is 10.8. The fourth-order valence-electron chi connectivity index (χ4n) is 2.07. The molecule has 0 saturated heterocycles. The Labute approximate surface area is 135 Å². The molecular weight excluding hydrogens is 316 g/mol. The van der Waals surface area contributed by atoms with Crippen molar-refractivity contribution in [2.45, 2.75) is 24.8 Å². The third-order valence-electron chi connectivity index (χ3n) is 3.28. The van der Waals surface area contributed by atoms with Gasteiger partial charge in [0.15, 0.2) is 9.84 Å². The van der Waals surface area contributed by atoms with Crippen molar-refractivity contribution in [1.29, 1.82) is 0 Å². The van der Waals surface area contributed by atoms with Crippen molar-refractivity contribution in [2.75, 3.05) is 5.75 Å². The molecule has 2 aromatic rings. The van der Waals surface area contributed by atoms with E-state index in [0.717, 1.165) is 5.56 Å². The lowest BCUT2D eigenvalue weighted by Gasteiger charge is -2.12. The van der Waals surface area contributed by atoms with E-state index in [-0.39, 0.29) is 4.90 Å². The highest BCUT2D eigenvalue weighted by Gasteiger charge is 2.21. The first-order valence-electron chi connectivity index (χ1n) is 7.04. The van der Waals surface area contributed by atoms with Crippen molar-refractivity contribution in [1.82, 2.24) is 0 Å². The number of ether oxygens (including phenoxy) is 1. The Kier molecular flexibility index (Phi) is 5.18. The van der Waals surface area contributed by atoms with Crippen LogP contribution in [0.2, 0.25) is 0 Å². The molecule has 0 radical (unpaired) electrons. The molecule has 0 aliphatic heterocycles. The number of benzene rings is 2. The van der Waals surface area contributed by atoms with Crippen LogP contribution in [0.5, 0.6) is 5.75 Å². The van der Waals surface area contributed by atoms with Gasteiger partial charge in [-0.05, 0) is 36.8 Å². The van der Waals surface area contributed by atoms with Crippen LogP contribution in [0, 0.1) is 6.92 Å². The minimum Gasteiger partial charge on any atom is -0.427 e. The molecule has 5 nitrogen and oxygen atoms in total. The second-order valence-corrected chi connectivity index (χ2v) is 7.31. The van der Waals surface area contributed by atoms with Crippen LogP contribution < -0.4 is 4.74 Å². The number of aliphatic hydroxyl groups excluding tert-OH is 1. The molecule has 6 heteroatoms. The molecule has 0 aromatic heterocycles. The number of rotatable bonds is 5. The Morgan fingerprint density at radius 1 is 1.09 bits per heavy atom. The molecule has 0 amide bonds. The van der Waals surface area contributed by atoms with Crippen molar-refractivity contribution in [3.05, 3.63) is 59.7 Å². The molecule has 2 aromatic carbocycles. The van der Waals surface area contributed by atoms with Crippen LogP contribution in [0.15, 0.2) is 53.4 Å². The summed E-state index contributed by atoms with van der Waals surface area (Å²) < 4.78 is 29.5. The summed E-state index contributed by atoms with van der Waals surface area (Å²) >= 11 is 0. The summed E-state index contributed by atoms with van der Waals surface area (Å²) in [6, 6.07) is 12.6. The maximum absolute atomic E-state index is 12.3. The van der Waals surface area contributed by atoms with Crippen LogP contribution in [0.25, 0.3) is 0 Å². The number of carbonyl (C=O) groups is 1. The summed E-state index contributed by atoms with van der Waals surface area (Å²) in [4.78, 5) is 11.0. The zero-order valence-corrected chi connectivity index (χ0v) is 13.7. The van der Waals surface area contributed by atoms with Crippen molar-refractivity contribution in [3.63, 3.8) is 0 Å². The summed E-state index contributed by atoms with van der Waals surface area (Å²) in [5.74, 6) is -0.515. The van der Waals surface area contributed by atoms with E-state index >= 15 is 0 Å². The average Bonchev–Trinajstić information content (AvgIpc) is 2.47. The molecule has 23 heavy (non-hydrogen) atoms. The number of hydrogen-bond acceptors (Lipinski definition) is 5. The SMILES string of the molecule is CC(=O)Oc1ccc(C(O)CS(=O)(=O)c2ccc(C)cc2)cc1. The van der Waals surface area contributed by atoms with E-state index in [4.69, 9.17) is 4.74 Å². The Balaban J connectivity index is 2.12. The molecule has 1 N–H and O–H groups in total. The fraction of sp³-hybridized carbons (Fsp3) is 0.235. The molecule has 0 heterocycles. The molecule has 0 saturated carbocycles. The van der Waals surface area contributed by atoms with Gasteiger partial charge in [-0.1, -0.05) is 29.8 Å². The van der Waals surface area contributed by atoms with Gasteiger partial charge in [-0.15, -0.1) is 0 Å². The molecular formula is C17H18O5S. The molecule has 2 rings (SSSR count). The van der Waals surface area contributed by atoms with Gasteiger partial charge in [-0.3, -0.25) is 4.79 Å². The number of aliphatic hydroxyl groups is 1. The second kappa shape index (κ2) is 6.93. The van der Waals surface area contributed by atoms with Gasteiger partial charge in [0.05, 0.1) is 16.8 Å². The smallest absolute Gasteiger partial charge is 0.308 e. The van der Waals surface area contributed by atoms with E-state index in [1.165, 1.54) is 43.3 Å². The second-order valence-electron chi connectivity index (χ2n) is 5.27. The number of sulfone groups is 1. The quantitative estimate of drug-likeness (QED) is 0.671. The lowest BCUT2D eigenvalue weighted by atomic mass is 10.1. The highest BCUT2D eigenvalue weighted by molar-refractivity contribution is 7.91. The third-order valence-corrected chi connectivity index (χ3v) is 5.03. The van der Waals surface area contributed by atoms with Crippen LogP contribution >= 0.6 is 0 Å². The predicted octanol–water partition coefficient (Wildman–Crippen LogP) is 2.43. The summed E-state index contributed by atoms with van der Waals surface area (Å²) in [6.45, 7) is 3.16. The summed E-state index contributed by atoms with van der Waals surface area (Å²) in [5, 5.41) is 10.2. The van der Waals surface area contributed by atoms with Crippen molar-refractivity contribution in [3.8, 4) is 5.75 Å². The lowest BCUT2D eigenvalue weighted by molar-refractivity contribution is -0.131. The molecule has 0 aliphatic rings. The summed E-state index contributed by atoms with van der Waals surface area (Å²) in [7, 11) is -3.59.